The molecule has 1 amide bonds. The topological polar surface area (TPSA) is 46.6 Å². The SMILES string of the molecule is COC(=O)CN(Cc1ccccc1C)C(=O)c1ccc(F)cc1F. The number of carbonyl (C=O) groups excluding carboxylic acids is 2. The molecular formula is C18H17F2NO3. The fourth-order valence-electron chi connectivity index (χ4n) is 2.25. The number of benzene rings is 2. The van der Waals surface area contributed by atoms with Crippen LogP contribution >= 0.6 is 0 Å². The van der Waals surface area contributed by atoms with E-state index in [9.17, 15) is 18.4 Å². The fraction of sp³-hybridized carbons (Fsp3) is 0.222. The minimum atomic E-state index is -0.973. The van der Waals surface area contributed by atoms with Gasteiger partial charge >= 0.3 is 5.97 Å². The van der Waals surface area contributed by atoms with Crippen LogP contribution in [0.2, 0.25) is 0 Å². The number of methoxy groups -OCH3 is 1. The van der Waals surface area contributed by atoms with Crippen LogP contribution in [0.4, 0.5) is 8.78 Å². The Morgan fingerprint density at radius 1 is 1.12 bits per heavy atom. The largest absolute Gasteiger partial charge is 0.468 e. The maximum Gasteiger partial charge on any atom is 0.325 e. The quantitative estimate of drug-likeness (QED) is 0.790. The molecule has 4 nitrogen and oxygen atoms in total. The Kier molecular flexibility index (Phi) is 5.63. The fourth-order valence-corrected chi connectivity index (χ4v) is 2.25. The van der Waals surface area contributed by atoms with E-state index in [1.807, 2.05) is 31.2 Å². The number of carbonyl (C=O) groups is 2. The highest BCUT2D eigenvalue weighted by Crippen LogP contribution is 2.16. The number of hydrogen-bond acceptors (Lipinski definition) is 3. The third-order valence-electron chi connectivity index (χ3n) is 3.62. The molecule has 0 aromatic heterocycles. The second kappa shape index (κ2) is 7.68. The van der Waals surface area contributed by atoms with E-state index < -0.39 is 23.5 Å². The molecule has 24 heavy (non-hydrogen) atoms. The minimum Gasteiger partial charge on any atom is -0.468 e. The lowest BCUT2D eigenvalue weighted by atomic mass is 10.1. The second-order valence-electron chi connectivity index (χ2n) is 5.29. The van der Waals surface area contributed by atoms with Crippen molar-refractivity contribution in [2.24, 2.45) is 0 Å². The van der Waals surface area contributed by atoms with Crippen LogP contribution in [-0.4, -0.2) is 30.4 Å². The number of hydrogen-bond donors (Lipinski definition) is 0. The van der Waals surface area contributed by atoms with E-state index in [1.54, 1.807) is 0 Å². The van der Waals surface area contributed by atoms with Crippen molar-refractivity contribution >= 4 is 11.9 Å². The molecule has 6 heteroatoms. The summed E-state index contributed by atoms with van der Waals surface area (Å²) in [4.78, 5) is 25.4. The monoisotopic (exact) mass is 333 g/mol. The van der Waals surface area contributed by atoms with Crippen LogP contribution in [0.1, 0.15) is 21.5 Å². The Balaban J connectivity index is 2.33. The van der Waals surface area contributed by atoms with Gasteiger partial charge in [0, 0.05) is 12.6 Å². The van der Waals surface area contributed by atoms with E-state index in [4.69, 9.17) is 0 Å². The van der Waals surface area contributed by atoms with Crippen molar-refractivity contribution in [2.75, 3.05) is 13.7 Å². The summed E-state index contributed by atoms with van der Waals surface area (Å²) in [6, 6.07) is 10.0. The molecule has 0 unspecified atom stereocenters. The van der Waals surface area contributed by atoms with Crippen molar-refractivity contribution in [1.82, 2.24) is 4.90 Å². The molecule has 0 heterocycles. The van der Waals surface area contributed by atoms with Crippen LogP contribution in [0.25, 0.3) is 0 Å². The molecule has 0 atom stereocenters. The molecule has 126 valence electrons. The summed E-state index contributed by atoms with van der Waals surface area (Å²) in [5.74, 6) is -3.08. The summed E-state index contributed by atoms with van der Waals surface area (Å²) in [6.45, 7) is 1.65. The highest BCUT2D eigenvalue weighted by molar-refractivity contribution is 5.96. The summed E-state index contributed by atoms with van der Waals surface area (Å²) >= 11 is 0. The Hall–Kier alpha value is -2.76. The maximum atomic E-state index is 13.9. The summed E-state index contributed by atoms with van der Waals surface area (Å²) < 4.78 is 31.5. The minimum absolute atomic E-state index is 0.109. The Morgan fingerprint density at radius 2 is 1.83 bits per heavy atom. The van der Waals surface area contributed by atoms with E-state index in [1.165, 1.54) is 12.0 Å². The molecule has 0 fully saturated rings. The molecule has 0 bridgehead atoms. The van der Waals surface area contributed by atoms with Crippen molar-refractivity contribution in [2.45, 2.75) is 13.5 Å². The molecule has 0 aliphatic heterocycles. The van der Waals surface area contributed by atoms with Gasteiger partial charge in [-0.15, -0.1) is 0 Å². The number of ether oxygens (including phenoxy) is 1. The number of aryl methyl sites for hydroxylation is 1. The van der Waals surface area contributed by atoms with Gasteiger partial charge < -0.3 is 9.64 Å². The van der Waals surface area contributed by atoms with Gasteiger partial charge in [-0.2, -0.15) is 0 Å². The van der Waals surface area contributed by atoms with E-state index in [-0.39, 0.29) is 18.7 Å². The highest BCUT2D eigenvalue weighted by atomic mass is 19.1. The van der Waals surface area contributed by atoms with Crippen LogP contribution in [-0.2, 0) is 16.1 Å². The molecule has 0 N–H and O–H groups in total. The van der Waals surface area contributed by atoms with Crippen molar-refractivity contribution in [3.05, 3.63) is 70.8 Å². The lowest BCUT2D eigenvalue weighted by Gasteiger charge is -2.22. The van der Waals surface area contributed by atoms with Gasteiger partial charge in [-0.25, -0.2) is 8.78 Å². The first-order chi connectivity index (χ1) is 11.4. The molecule has 0 saturated heterocycles. The predicted octanol–water partition coefficient (Wildman–Crippen LogP) is 3.09. The van der Waals surface area contributed by atoms with E-state index in [2.05, 4.69) is 4.74 Å². The molecule has 0 saturated carbocycles. The summed E-state index contributed by atoms with van der Waals surface area (Å²) in [7, 11) is 1.21. The number of esters is 1. The van der Waals surface area contributed by atoms with Crippen LogP contribution in [0.15, 0.2) is 42.5 Å². The molecule has 2 aromatic rings. The molecule has 0 aliphatic carbocycles. The van der Waals surface area contributed by atoms with Gasteiger partial charge in [0.1, 0.15) is 18.2 Å². The van der Waals surface area contributed by atoms with Gasteiger partial charge in [0.2, 0.25) is 0 Å². The first-order valence-corrected chi connectivity index (χ1v) is 7.28. The Bertz CT molecular complexity index is 762. The van der Waals surface area contributed by atoms with Crippen molar-refractivity contribution in [1.29, 1.82) is 0 Å². The molecule has 2 rings (SSSR count). The molecular weight excluding hydrogens is 316 g/mol. The van der Waals surface area contributed by atoms with Gasteiger partial charge in [-0.05, 0) is 30.2 Å². The summed E-state index contributed by atoms with van der Waals surface area (Å²) in [5, 5.41) is 0. The average Bonchev–Trinajstić information content (AvgIpc) is 2.55. The summed E-state index contributed by atoms with van der Waals surface area (Å²) in [6.07, 6.45) is 0. The molecule has 0 spiro atoms. The normalized spacial score (nSPS) is 10.3. The zero-order valence-corrected chi connectivity index (χ0v) is 13.4. The van der Waals surface area contributed by atoms with E-state index >= 15 is 0 Å². The van der Waals surface area contributed by atoms with Crippen molar-refractivity contribution < 1.29 is 23.1 Å². The second-order valence-corrected chi connectivity index (χ2v) is 5.29. The molecule has 0 aliphatic rings. The lowest BCUT2D eigenvalue weighted by molar-refractivity contribution is -0.141. The van der Waals surface area contributed by atoms with Crippen LogP contribution in [0.3, 0.4) is 0 Å². The highest BCUT2D eigenvalue weighted by Gasteiger charge is 2.23. The lowest BCUT2D eigenvalue weighted by Crippen LogP contribution is -2.36. The Labute approximate surface area is 138 Å². The molecule has 2 aromatic carbocycles. The number of nitrogens with zero attached hydrogens (tertiary/aromatic N) is 1. The van der Waals surface area contributed by atoms with Gasteiger partial charge in [0.25, 0.3) is 5.91 Å². The van der Waals surface area contributed by atoms with Gasteiger partial charge in [-0.3, -0.25) is 9.59 Å². The third kappa shape index (κ3) is 4.16. The number of halogens is 2. The Morgan fingerprint density at radius 3 is 2.46 bits per heavy atom. The van der Waals surface area contributed by atoms with Gasteiger partial charge in [0.15, 0.2) is 0 Å². The first kappa shape index (κ1) is 17.6. The van der Waals surface area contributed by atoms with Gasteiger partial charge in [-0.1, -0.05) is 24.3 Å². The first-order valence-electron chi connectivity index (χ1n) is 7.28. The predicted molar refractivity (Wildman–Crippen MR) is 84.3 cm³/mol. The standard InChI is InChI=1S/C18H17F2NO3/c1-12-5-3-4-6-13(12)10-21(11-17(22)24-2)18(23)15-8-7-14(19)9-16(15)20/h3-9H,10-11H2,1-2H3. The summed E-state index contributed by atoms with van der Waals surface area (Å²) in [5.41, 5.74) is 1.45. The van der Waals surface area contributed by atoms with E-state index in [0.29, 0.717) is 6.07 Å². The third-order valence-corrected chi connectivity index (χ3v) is 3.62. The molecule has 0 radical (unpaired) electrons. The number of rotatable bonds is 5. The van der Waals surface area contributed by atoms with Crippen molar-refractivity contribution in [3.63, 3.8) is 0 Å². The van der Waals surface area contributed by atoms with Crippen LogP contribution < -0.4 is 0 Å². The smallest absolute Gasteiger partial charge is 0.325 e. The van der Waals surface area contributed by atoms with Crippen molar-refractivity contribution in [3.8, 4) is 0 Å². The zero-order chi connectivity index (χ0) is 17.7. The van der Waals surface area contributed by atoms with Crippen LogP contribution in [0, 0.1) is 18.6 Å². The van der Waals surface area contributed by atoms with Crippen LogP contribution in [0.5, 0.6) is 0 Å². The van der Waals surface area contributed by atoms with Gasteiger partial charge in [0.05, 0.1) is 12.7 Å². The zero-order valence-electron chi connectivity index (χ0n) is 13.4. The maximum absolute atomic E-state index is 13.9. The average molecular weight is 333 g/mol. The number of amides is 1. The van der Waals surface area contributed by atoms with E-state index in [0.717, 1.165) is 23.3 Å².